The molecule has 0 aliphatic carbocycles. The van der Waals surface area contributed by atoms with E-state index in [1.54, 1.807) is 24.3 Å². The molecule has 0 fully saturated rings. The summed E-state index contributed by atoms with van der Waals surface area (Å²) >= 11 is 0. The first kappa shape index (κ1) is 13.1. The number of nitrogens with zero attached hydrogens (tertiary/aromatic N) is 1. The number of hydrogen-bond donors (Lipinski definition) is 0. The van der Waals surface area contributed by atoms with Crippen LogP contribution in [0.3, 0.4) is 0 Å². The Hall–Kier alpha value is -1.38. The van der Waals surface area contributed by atoms with Gasteiger partial charge in [-0.05, 0) is 25.7 Å². The Kier molecular flexibility index (Phi) is 3.17. The van der Waals surface area contributed by atoms with E-state index in [0.717, 1.165) is 0 Å². The Morgan fingerprint density at radius 3 is 2.72 bits per heavy atom. The second-order valence-electron chi connectivity index (χ2n) is 5.34. The second kappa shape index (κ2) is 4.37. The zero-order valence-electron chi connectivity index (χ0n) is 10.7. The first-order valence-electron chi connectivity index (χ1n) is 5.87. The number of nitriles is 1. The molecule has 0 unspecified atom stereocenters. The van der Waals surface area contributed by atoms with Gasteiger partial charge >= 0.3 is 0 Å². The van der Waals surface area contributed by atoms with E-state index in [0.29, 0.717) is 11.3 Å². The second-order valence-corrected chi connectivity index (χ2v) is 9.77. The van der Waals surface area contributed by atoms with Gasteiger partial charge in [-0.1, -0.05) is 18.2 Å². The lowest BCUT2D eigenvalue weighted by atomic mass is 9.88. The van der Waals surface area contributed by atoms with Crippen molar-refractivity contribution in [2.75, 3.05) is 6.61 Å². The first-order chi connectivity index (χ1) is 8.39. The molecule has 5 heteroatoms. The van der Waals surface area contributed by atoms with Crippen LogP contribution >= 0.6 is 0 Å². The summed E-state index contributed by atoms with van der Waals surface area (Å²) in [5, 5.41) is 9.47. The molecule has 2 rings (SSSR count). The molecule has 0 amide bonds. The van der Waals surface area contributed by atoms with Gasteiger partial charge in [0.1, 0.15) is 18.4 Å². The molecule has 1 heterocycles. The highest BCUT2D eigenvalue weighted by atomic mass is 28.4. The van der Waals surface area contributed by atoms with Crippen molar-refractivity contribution >= 4 is 8.32 Å². The van der Waals surface area contributed by atoms with Crippen LogP contribution in [0.1, 0.15) is 5.56 Å². The Morgan fingerprint density at radius 1 is 1.44 bits per heavy atom. The van der Waals surface area contributed by atoms with Gasteiger partial charge in [-0.3, -0.25) is 0 Å². The molecule has 0 bridgehead atoms. The van der Waals surface area contributed by atoms with Crippen LogP contribution in [0.25, 0.3) is 0 Å². The topological polar surface area (TPSA) is 42.2 Å². The summed E-state index contributed by atoms with van der Waals surface area (Å²) in [5.41, 5.74) is -1.03. The van der Waals surface area contributed by atoms with E-state index in [4.69, 9.17) is 9.16 Å². The molecule has 0 saturated heterocycles. The molecule has 3 nitrogen and oxygen atoms in total. The molecule has 1 aromatic rings. The average Bonchev–Trinajstić information content (AvgIpc) is 2.31. The number of fused-ring (bicyclic) bond motifs is 1. The summed E-state index contributed by atoms with van der Waals surface area (Å²) in [6.07, 6.45) is -1.47. The molecule has 96 valence electrons. The lowest BCUT2D eigenvalue weighted by molar-refractivity contribution is -0.0162. The van der Waals surface area contributed by atoms with Gasteiger partial charge in [0.05, 0.1) is 0 Å². The predicted molar refractivity (Wildman–Crippen MR) is 68.6 cm³/mol. The van der Waals surface area contributed by atoms with Gasteiger partial charge in [0, 0.05) is 5.56 Å². The highest BCUT2D eigenvalue weighted by Gasteiger charge is 2.50. The quantitative estimate of drug-likeness (QED) is 0.772. The average molecular weight is 265 g/mol. The molecule has 18 heavy (non-hydrogen) atoms. The van der Waals surface area contributed by atoms with E-state index < -0.39 is 20.1 Å². The van der Waals surface area contributed by atoms with Crippen molar-refractivity contribution in [1.82, 2.24) is 0 Å². The van der Waals surface area contributed by atoms with Crippen LogP contribution in [0.2, 0.25) is 19.6 Å². The van der Waals surface area contributed by atoms with E-state index in [-0.39, 0.29) is 6.61 Å². The van der Waals surface area contributed by atoms with Crippen LogP contribution in [-0.4, -0.2) is 21.1 Å². The first-order valence-corrected chi connectivity index (χ1v) is 9.28. The number of para-hydroxylation sites is 1. The number of ether oxygens (including phenoxy) is 1. The van der Waals surface area contributed by atoms with Crippen molar-refractivity contribution in [3.05, 3.63) is 29.8 Å². The maximum Gasteiger partial charge on any atom is 0.208 e. The molecule has 1 aromatic carbocycles. The van der Waals surface area contributed by atoms with Crippen LogP contribution in [-0.2, 0) is 10.0 Å². The van der Waals surface area contributed by atoms with E-state index in [1.807, 2.05) is 25.7 Å². The zero-order chi connectivity index (χ0) is 13.4. The van der Waals surface area contributed by atoms with Crippen molar-refractivity contribution < 1.29 is 13.6 Å². The van der Waals surface area contributed by atoms with Crippen molar-refractivity contribution in [3.8, 4) is 11.8 Å². The lowest BCUT2D eigenvalue weighted by Crippen LogP contribution is -2.50. The SMILES string of the molecule is C[Si](C)(C)O[C@]1(C#N)c2ccccc2OC[C@@H]1F. The van der Waals surface area contributed by atoms with Crippen LogP contribution in [0.5, 0.6) is 5.75 Å². The summed E-state index contributed by atoms with van der Waals surface area (Å²) in [6.45, 7) is 5.68. The van der Waals surface area contributed by atoms with Crippen molar-refractivity contribution in [3.63, 3.8) is 0 Å². The minimum absolute atomic E-state index is 0.144. The van der Waals surface area contributed by atoms with Crippen LogP contribution in [0, 0.1) is 11.3 Å². The summed E-state index contributed by atoms with van der Waals surface area (Å²) in [5.74, 6) is 0.534. The van der Waals surface area contributed by atoms with Gasteiger partial charge in [-0.2, -0.15) is 5.26 Å². The standard InChI is InChI=1S/C13H16FNO2Si/c1-18(2,3)17-13(9-15)10-6-4-5-7-11(10)16-8-12(13)14/h4-7,12H,8H2,1-3H3/t12-,13+/m0/s1. The smallest absolute Gasteiger partial charge is 0.208 e. The number of hydrogen-bond acceptors (Lipinski definition) is 3. The summed E-state index contributed by atoms with van der Waals surface area (Å²) in [7, 11) is -2.07. The lowest BCUT2D eigenvalue weighted by Gasteiger charge is -2.39. The maximum atomic E-state index is 14.3. The predicted octanol–water partition coefficient (Wildman–Crippen LogP) is 2.99. The van der Waals surface area contributed by atoms with E-state index >= 15 is 0 Å². The van der Waals surface area contributed by atoms with Crippen molar-refractivity contribution in [1.29, 1.82) is 5.26 Å². The zero-order valence-corrected chi connectivity index (χ0v) is 11.7. The highest BCUT2D eigenvalue weighted by molar-refractivity contribution is 6.69. The minimum atomic E-state index is -2.07. The Balaban J connectivity index is 2.55. The van der Waals surface area contributed by atoms with E-state index in [2.05, 4.69) is 0 Å². The Morgan fingerprint density at radius 2 is 2.11 bits per heavy atom. The summed E-state index contributed by atoms with van der Waals surface area (Å²) < 4.78 is 25.5. The van der Waals surface area contributed by atoms with Crippen molar-refractivity contribution in [2.24, 2.45) is 0 Å². The molecule has 0 aromatic heterocycles. The normalized spacial score (nSPS) is 26.9. The van der Waals surface area contributed by atoms with Crippen LogP contribution in [0.4, 0.5) is 4.39 Å². The van der Waals surface area contributed by atoms with E-state index in [1.165, 1.54) is 0 Å². The molecule has 0 radical (unpaired) electrons. The van der Waals surface area contributed by atoms with Crippen molar-refractivity contribution in [2.45, 2.75) is 31.4 Å². The number of benzene rings is 1. The maximum absolute atomic E-state index is 14.3. The fraction of sp³-hybridized carbons (Fsp3) is 0.462. The molecule has 1 aliphatic rings. The third-order valence-electron chi connectivity index (χ3n) is 2.75. The van der Waals surface area contributed by atoms with Gasteiger partial charge < -0.3 is 9.16 Å². The monoisotopic (exact) mass is 265 g/mol. The van der Waals surface area contributed by atoms with Crippen LogP contribution in [0.15, 0.2) is 24.3 Å². The summed E-state index contributed by atoms with van der Waals surface area (Å²) in [6, 6.07) is 9.04. The number of alkyl halides is 1. The van der Waals surface area contributed by atoms with Gasteiger partial charge in [-0.15, -0.1) is 0 Å². The van der Waals surface area contributed by atoms with E-state index in [9.17, 15) is 9.65 Å². The Labute approximate surface area is 107 Å². The van der Waals surface area contributed by atoms with Gasteiger partial charge in [-0.25, -0.2) is 4.39 Å². The van der Waals surface area contributed by atoms with Gasteiger partial charge in [0.15, 0.2) is 14.5 Å². The fourth-order valence-electron chi connectivity index (χ4n) is 2.10. The number of halogens is 1. The van der Waals surface area contributed by atoms with Gasteiger partial charge in [0.2, 0.25) is 5.60 Å². The third-order valence-corrected chi connectivity index (χ3v) is 3.68. The Bertz CT molecular complexity index is 494. The summed E-state index contributed by atoms with van der Waals surface area (Å²) in [4.78, 5) is 0. The molecule has 0 spiro atoms. The fourth-order valence-corrected chi connectivity index (χ4v) is 3.35. The highest BCUT2D eigenvalue weighted by Crippen LogP contribution is 2.42. The van der Waals surface area contributed by atoms with Crippen LogP contribution < -0.4 is 4.74 Å². The largest absolute Gasteiger partial charge is 0.490 e. The number of rotatable bonds is 2. The molecule has 0 N–H and O–H groups in total. The molecule has 0 saturated carbocycles. The third kappa shape index (κ3) is 2.14. The van der Waals surface area contributed by atoms with Gasteiger partial charge in [0.25, 0.3) is 0 Å². The molecular formula is C13H16FNO2Si. The minimum Gasteiger partial charge on any atom is -0.490 e. The molecule has 1 aliphatic heterocycles. The molecule has 2 atom stereocenters. The molecular weight excluding hydrogens is 249 g/mol.